The fraction of sp³-hybridized carbons (Fsp3) is 0.562. The lowest BCUT2D eigenvalue weighted by Gasteiger charge is -2.23. The Morgan fingerprint density at radius 3 is 2.27 bits per heavy atom. The molecule has 2 unspecified atom stereocenters. The minimum Gasteiger partial charge on any atom is -0.444 e. The zero-order valence-corrected chi connectivity index (χ0v) is 13.7. The van der Waals surface area contributed by atoms with Crippen molar-refractivity contribution in [1.29, 1.82) is 0 Å². The average molecular weight is 314 g/mol. The van der Waals surface area contributed by atoms with Gasteiger partial charge in [0.25, 0.3) is 0 Å². The van der Waals surface area contributed by atoms with Crippen LogP contribution in [0.25, 0.3) is 0 Å². The standard InChI is InChI=1S/C16H24F2N2O2/c1-10(20-15(21)22-16(3,4)5)9-19-11(2)14-12(17)7-6-8-13(14)18/h6-8,10-11,19H,9H2,1-5H3,(H,20,21). The third kappa shape index (κ3) is 5.97. The summed E-state index contributed by atoms with van der Waals surface area (Å²) in [6.07, 6.45) is -0.522. The molecule has 2 atom stereocenters. The summed E-state index contributed by atoms with van der Waals surface area (Å²) in [4.78, 5) is 11.6. The molecule has 0 aliphatic heterocycles. The van der Waals surface area contributed by atoms with Crippen molar-refractivity contribution in [3.8, 4) is 0 Å². The molecule has 2 N–H and O–H groups in total. The molecule has 0 bridgehead atoms. The normalized spacial score (nSPS) is 14.3. The van der Waals surface area contributed by atoms with Gasteiger partial charge in [-0.1, -0.05) is 6.07 Å². The third-order valence-electron chi connectivity index (χ3n) is 2.93. The summed E-state index contributed by atoms with van der Waals surface area (Å²) in [6.45, 7) is 9.13. The molecular weight excluding hydrogens is 290 g/mol. The van der Waals surface area contributed by atoms with E-state index in [9.17, 15) is 13.6 Å². The van der Waals surface area contributed by atoms with Crippen LogP contribution in [0.3, 0.4) is 0 Å². The molecule has 1 aromatic rings. The van der Waals surface area contributed by atoms with Crippen LogP contribution in [0.5, 0.6) is 0 Å². The van der Waals surface area contributed by atoms with Crippen molar-refractivity contribution in [2.24, 2.45) is 0 Å². The topological polar surface area (TPSA) is 50.4 Å². The van der Waals surface area contributed by atoms with Gasteiger partial charge in [-0.2, -0.15) is 0 Å². The first-order chi connectivity index (χ1) is 10.1. The summed E-state index contributed by atoms with van der Waals surface area (Å²) in [7, 11) is 0. The fourth-order valence-electron chi connectivity index (χ4n) is 1.94. The maximum atomic E-state index is 13.7. The molecule has 0 saturated carbocycles. The van der Waals surface area contributed by atoms with Crippen molar-refractivity contribution in [2.75, 3.05) is 6.54 Å². The van der Waals surface area contributed by atoms with Gasteiger partial charge in [0.2, 0.25) is 0 Å². The number of benzene rings is 1. The highest BCUT2D eigenvalue weighted by molar-refractivity contribution is 5.68. The van der Waals surface area contributed by atoms with Gasteiger partial charge in [-0.3, -0.25) is 0 Å². The number of hydrogen-bond acceptors (Lipinski definition) is 3. The second-order valence-electron chi connectivity index (χ2n) is 6.31. The quantitative estimate of drug-likeness (QED) is 0.874. The minimum absolute atomic E-state index is 0.00744. The Hall–Kier alpha value is -1.69. The summed E-state index contributed by atoms with van der Waals surface area (Å²) < 4.78 is 32.4. The Kier molecular flexibility index (Phi) is 6.29. The zero-order valence-electron chi connectivity index (χ0n) is 13.7. The SMILES string of the molecule is CC(CNC(C)c1c(F)cccc1F)NC(=O)OC(C)(C)C. The van der Waals surface area contributed by atoms with E-state index in [4.69, 9.17) is 4.74 Å². The first-order valence-corrected chi connectivity index (χ1v) is 7.27. The molecule has 4 nitrogen and oxygen atoms in total. The molecule has 6 heteroatoms. The molecule has 1 amide bonds. The van der Waals surface area contributed by atoms with E-state index in [0.29, 0.717) is 6.54 Å². The Morgan fingerprint density at radius 1 is 1.23 bits per heavy atom. The van der Waals surface area contributed by atoms with Crippen LogP contribution in [0.2, 0.25) is 0 Å². The number of rotatable bonds is 5. The number of halogens is 2. The molecule has 0 radical (unpaired) electrons. The highest BCUT2D eigenvalue weighted by Crippen LogP contribution is 2.20. The van der Waals surface area contributed by atoms with Crippen LogP contribution in [-0.2, 0) is 4.74 Å². The van der Waals surface area contributed by atoms with Crippen LogP contribution < -0.4 is 10.6 Å². The first-order valence-electron chi connectivity index (χ1n) is 7.27. The van der Waals surface area contributed by atoms with E-state index >= 15 is 0 Å². The molecule has 0 aliphatic carbocycles. The van der Waals surface area contributed by atoms with E-state index in [1.807, 2.05) is 0 Å². The Balaban J connectivity index is 2.50. The van der Waals surface area contributed by atoms with Crippen LogP contribution >= 0.6 is 0 Å². The average Bonchev–Trinajstić information content (AvgIpc) is 2.33. The van der Waals surface area contributed by atoms with Crippen molar-refractivity contribution in [3.63, 3.8) is 0 Å². The second kappa shape index (κ2) is 7.54. The number of amides is 1. The molecule has 22 heavy (non-hydrogen) atoms. The summed E-state index contributed by atoms with van der Waals surface area (Å²) in [5.41, 5.74) is -0.576. The van der Waals surface area contributed by atoms with E-state index in [1.54, 1.807) is 34.6 Å². The van der Waals surface area contributed by atoms with Gasteiger partial charge in [-0.25, -0.2) is 13.6 Å². The number of carbonyl (C=O) groups is 1. The maximum absolute atomic E-state index is 13.7. The van der Waals surface area contributed by atoms with Crippen LogP contribution in [0.15, 0.2) is 18.2 Å². The lowest BCUT2D eigenvalue weighted by Crippen LogP contribution is -2.43. The van der Waals surface area contributed by atoms with E-state index in [2.05, 4.69) is 10.6 Å². The third-order valence-corrected chi connectivity index (χ3v) is 2.93. The van der Waals surface area contributed by atoms with E-state index in [0.717, 1.165) is 0 Å². The molecule has 0 fully saturated rings. The lowest BCUT2D eigenvalue weighted by molar-refractivity contribution is 0.0507. The Labute approximate surface area is 130 Å². The van der Waals surface area contributed by atoms with Gasteiger partial charge in [0, 0.05) is 24.2 Å². The molecule has 0 heterocycles. The van der Waals surface area contributed by atoms with Crippen LogP contribution in [0, 0.1) is 11.6 Å². The summed E-state index contributed by atoms with van der Waals surface area (Å²) in [5.74, 6) is -1.18. The largest absolute Gasteiger partial charge is 0.444 e. The van der Waals surface area contributed by atoms with Crippen LogP contribution in [0.1, 0.15) is 46.2 Å². The number of alkyl carbamates (subject to hydrolysis) is 1. The van der Waals surface area contributed by atoms with Gasteiger partial charge in [0.1, 0.15) is 17.2 Å². The molecule has 1 rings (SSSR count). The number of ether oxygens (including phenoxy) is 1. The molecular formula is C16H24F2N2O2. The van der Waals surface area contributed by atoms with Gasteiger partial charge in [-0.15, -0.1) is 0 Å². The molecule has 1 aromatic carbocycles. The summed E-state index contributed by atoms with van der Waals surface area (Å²) in [5, 5.41) is 5.66. The number of nitrogens with one attached hydrogen (secondary N) is 2. The first kappa shape index (κ1) is 18.4. The minimum atomic E-state index is -0.590. The highest BCUT2D eigenvalue weighted by Gasteiger charge is 2.19. The van der Waals surface area contributed by atoms with Crippen LogP contribution in [-0.4, -0.2) is 24.3 Å². The molecule has 0 aliphatic rings. The molecule has 0 aromatic heterocycles. The number of hydrogen-bond donors (Lipinski definition) is 2. The monoisotopic (exact) mass is 314 g/mol. The maximum Gasteiger partial charge on any atom is 0.407 e. The van der Waals surface area contributed by atoms with E-state index < -0.39 is 29.4 Å². The molecule has 124 valence electrons. The Morgan fingerprint density at radius 2 is 1.77 bits per heavy atom. The predicted molar refractivity (Wildman–Crippen MR) is 81.6 cm³/mol. The van der Waals surface area contributed by atoms with Gasteiger partial charge in [0.15, 0.2) is 0 Å². The second-order valence-corrected chi connectivity index (χ2v) is 6.31. The summed E-state index contributed by atoms with van der Waals surface area (Å²) >= 11 is 0. The van der Waals surface area contributed by atoms with Crippen molar-refractivity contribution >= 4 is 6.09 Å². The van der Waals surface area contributed by atoms with Gasteiger partial charge >= 0.3 is 6.09 Å². The zero-order chi connectivity index (χ0) is 16.9. The van der Waals surface area contributed by atoms with Crippen molar-refractivity contribution in [3.05, 3.63) is 35.4 Å². The van der Waals surface area contributed by atoms with E-state index in [1.165, 1.54) is 18.2 Å². The predicted octanol–water partition coefficient (Wildman–Crippen LogP) is 3.53. The van der Waals surface area contributed by atoms with Crippen molar-refractivity contribution in [1.82, 2.24) is 10.6 Å². The highest BCUT2D eigenvalue weighted by atomic mass is 19.1. The van der Waals surface area contributed by atoms with Gasteiger partial charge in [0.05, 0.1) is 0 Å². The fourth-order valence-corrected chi connectivity index (χ4v) is 1.94. The van der Waals surface area contributed by atoms with E-state index in [-0.39, 0.29) is 11.6 Å². The van der Waals surface area contributed by atoms with Gasteiger partial charge in [-0.05, 0) is 46.8 Å². The van der Waals surface area contributed by atoms with Crippen molar-refractivity contribution in [2.45, 2.75) is 52.3 Å². The van der Waals surface area contributed by atoms with Crippen molar-refractivity contribution < 1.29 is 18.3 Å². The van der Waals surface area contributed by atoms with Crippen LogP contribution in [0.4, 0.5) is 13.6 Å². The smallest absolute Gasteiger partial charge is 0.407 e. The lowest BCUT2D eigenvalue weighted by atomic mass is 10.1. The molecule has 0 spiro atoms. The number of carbonyl (C=O) groups excluding carboxylic acids is 1. The molecule has 0 saturated heterocycles. The van der Waals surface area contributed by atoms with Gasteiger partial charge < -0.3 is 15.4 Å². The summed E-state index contributed by atoms with van der Waals surface area (Å²) in [6, 6.07) is 3.02. The Bertz CT molecular complexity index is 495.